The fourth-order valence-electron chi connectivity index (χ4n) is 5.24. The SMILES string of the molecule is C/C1=C\[C@H]2/C(=C(/C)CCC3(C)C(=O)C=C(C(C)C)[C@H]3CC1)OC(=O)[C@H]2[C@H](C)O. The molecule has 3 rings (SSSR count). The fraction of sp³-hybridized carbons (Fsp3) is 0.667. The fourth-order valence-corrected chi connectivity index (χ4v) is 5.24. The molecule has 1 fully saturated rings. The predicted octanol–water partition coefficient (Wildman–Crippen LogP) is 4.74. The first-order valence-electron chi connectivity index (χ1n) is 10.6. The topological polar surface area (TPSA) is 63.6 Å². The monoisotopic (exact) mass is 386 g/mol. The number of carbonyl (C=O) groups excluding carboxylic acids is 2. The van der Waals surface area contributed by atoms with Crippen molar-refractivity contribution in [3.8, 4) is 0 Å². The van der Waals surface area contributed by atoms with Crippen LogP contribution >= 0.6 is 0 Å². The van der Waals surface area contributed by atoms with Crippen LogP contribution in [-0.4, -0.2) is 23.0 Å². The normalized spacial score (nSPS) is 39.5. The number of fused-ring (bicyclic) bond motifs is 2. The van der Waals surface area contributed by atoms with Gasteiger partial charge in [0.1, 0.15) is 5.76 Å². The van der Waals surface area contributed by atoms with E-state index in [2.05, 4.69) is 33.8 Å². The quantitative estimate of drug-likeness (QED) is 0.550. The lowest BCUT2D eigenvalue weighted by molar-refractivity contribution is -0.142. The summed E-state index contributed by atoms with van der Waals surface area (Å²) in [5, 5.41) is 10.2. The van der Waals surface area contributed by atoms with Gasteiger partial charge in [0.25, 0.3) is 0 Å². The van der Waals surface area contributed by atoms with Crippen LogP contribution in [0.5, 0.6) is 0 Å². The molecule has 4 heteroatoms. The van der Waals surface area contributed by atoms with Gasteiger partial charge in [-0.3, -0.25) is 9.59 Å². The molecule has 28 heavy (non-hydrogen) atoms. The van der Waals surface area contributed by atoms with Crippen LogP contribution < -0.4 is 0 Å². The number of carbonyl (C=O) groups is 2. The maximum Gasteiger partial charge on any atom is 0.317 e. The van der Waals surface area contributed by atoms with Crippen molar-refractivity contribution >= 4 is 11.8 Å². The Hall–Kier alpha value is -1.68. The van der Waals surface area contributed by atoms with Crippen LogP contribution in [-0.2, 0) is 14.3 Å². The highest BCUT2D eigenvalue weighted by Gasteiger charge is 2.48. The van der Waals surface area contributed by atoms with E-state index >= 15 is 0 Å². The van der Waals surface area contributed by atoms with Crippen molar-refractivity contribution in [1.82, 2.24) is 0 Å². The Balaban J connectivity index is 2.02. The maximum atomic E-state index is 13.0. The average molecular weight is 387 g/mol. The lowest BCUT2D eigenvalue weighted by atomic mass is 9.69. The van der Waals surface area contributed by atoms with E-state index in [1.807, 2.05) is 13.0 Å². The summed E-state index contributed by atoms with van der Waals surface area (Å²) in [6, 6.07) is 0. The van der Waals surface area contributed by atoms with Gasteiger partial charge in [-0.05, 0) is 69.9 Å². The molecule has 0 aromatic rings. The van der Waals surface area contributed by atoms with Crippen LogP contribution in [0.4, 0.5) is 0 Å². The van der Waals surface area contributed by atoms with Gasteiger partial charge in [0.15, 0.2) is 5.78 Å². The van der Waals surface area contributed by atoms with E-state index in [1.54, 1.807) is 6.92 Å². The summed E-state index contributed by atoms with van der Waals surface area (Å²) in [5.41, 5.74) is 3.08. The minimum atomic E-state index is -0.758. The first-order valence-corrected chi connectivity index (χ1v) is 10.6. The highest BCUT2D eigenvalue weighted by molar-refractivity contribution is 5.98. The number of ether oxygens (including phenoxy) is 1. The van der Waals surface area contributed by atoms with Gasteiger partial charge in [0.05, 0.1) is 17.9 Å². The molecule has 1 heterocycles. The molecule has 2 aliphatic carbocycles. The summed E-state index contributed by atoms with van der Waals surface area (Å²) in [5.74, 6) is 0.429. The molecule has 4 nitrogen and oxygen atoms in total. The Bertz CT molecular complexity index is 767. The molecule has 1 saturated heterocycles. The Morgan fingerprint density at radius 3 is 2.46 bits per heavy atom. The summed E-state index contributed by atoms with van der Waals surface area (Å²) in [6.07, 6.45) is 6.53. The second-order valence-corrected chi connectivity index (χ2v) is 9.54. The predicted molar refractivity (Wildman–Crippen MR) is 109 cm³/mol. The summed E-state index contributed by atoms with van der Waals surface area (Å²) in [7, 11) is 0. The summed E-state index contributed by atoms with van der Waals surface area (Å²) in [4.78, 5) is 25.4. The summed E-state index contributed by atoms with van der Waals surface area (Å²) in [6.45, 7) is 12.2. The number of hydrogen-bond acceptors (Lipinski definition) is 4. The average Bonchev–Trinajstić information content (AvgIpc) is 3.05. The number of ketones is 1. The maximum absolute atomic E-state index is 13.0. The first kappa shape index (κ1) is 21.0. The number of esters is 1. The smallest absolute Gasteiger partial charge is 0.317 e. The molecule has 0 aromatic heterocycles. The number of hydrogen-bond donors (Lipinski definition) is 1. The van der Waals surface area contributed by atoms with E-state index in [-0.39, 0.29) is 23.6 Å². The Labute approximate surface area is 168 Å². The van der Waals surface area contributed by atoms with Crippen LogP contribution in [0.25, 0.3) is 0 Å². The molecule has 154 valence electrons. The molecular weight excluding hydrogens is 352 g/mol. The van der Waals surface area contributed by atoms with Crippen LogP contribution in [0.15, 0.2) is 34.6 Å². The van der Waals surface area contributed by atoms with Crippen molar-refractivity contribution in [2.75, 3.05) is 0 Å². The molecule has 0 radical (unpaired) electrons. The Morgan fingerprint density at radius 2 is 1.86 bits per heavy atom. The van der Waals surface area contributed by atoms with Gasteiger partial charge >= 0.3 is 5.97 Å². The summed E-state index contributed by atoms with van der Waals surface area (Å²) >= 11 is 0. The third-order valence-electron chi connectivity index (χ3n) is 7.12. The zero-order valence-electron chi connectivity index (χ0n) is 18.0. The van der Waals surface area contributed by atoms with E-state index < -0.39 is 17.4 Å². The molecule has 0 bridgehead atoms. The Morgan fingerprint density at radius 1 is 1.18 bits per heavy atom. The molecule has 5 atom stereocenters. The third-order valence-corrected chi connectivity index (χ3v) is 7.12. The molecule has 3 aliphatic rings. The number of rotatable bonds is 2. The van der Waals surface area contributed by atoms with Crippen molar-refractivity contribution < 1.29 is 19.4 Å². The first-order chi connectivity index (χ1) is 13.1. The molecule has 1 aliphatic heterocycles. The molecule has 0 saturated carbocycles. The molecule has 0 spiro atoms. The van der Waals surface area contributed by atoms with Crippen LogP contribution in [0, 0.1) is 29.1 Å². The van der Waals surface area contributed by atoms with E-state index in [0.29, 0.717) is 11.7 Å². The molecular formula is C24H34O4. The molecule has 1 N–H and O–H groups in total. The number of aliphatic hydroxyl groups excluding tert-OH is 1. The van der Waals surface area contributed by atoms with Crippen molar-refractivity contribution in [2.45, 2.75) is 73.3 Å². The third kappa shape index (κ3) is 3.52. The van der Waals surface area contributed by atoms with Crippen molar-refractivity contribution in [2.24, 2.45) is 29.1 Å². The second kappa shape index (κ2) is 7.62. The zero-order valence-corrected chi connectivity index (χ0v) is 18.0. The number of aliphatic hydroxyl groups is 1. The van der Waals surface area contributed by atoms with E-state index in [9.17, 15) is 14.7 Å². The van der Waals surface area contributed by atoms with Crippen molar-refractivity contribution in [3.63, 3.8) is 0 Å². The number of allylic oxidation sites excluding steroid dienone is 5. The summed E-state index contributed by atoms with van der Waals surface area (Å²) < 4.78 is 5.64. The van der Waals surface area contributed by atoms with Gasteiger partial charge in [-0.25, -0.2) is 0 Å². The van der Waals surface area contributed by atoms with Gasteiger partial charge in [-0.2, -0.15) is 0 Å². The molecule has 0 amide bonds. The van der Waals surface area contributed by atoms with Crippen LogP contribution in [0.1, 0.15) is 67.2 Å². The van der Waals surface area contributed by atoms with E-state index in [4.69, 9.17) is 4.74 Å². The second-order valence-electron chi connectivity index (χ2n) is 9.54. The Kier molecular flexibility index (Phi) is 5.73. The van der Waals surface area contributed by atoms with E-state index in [0.717, 1.165) is 31.3 Å². The van der Waals surface area contributed by atoms with Crippen molar-refractivity contribution in [1.29, 1.82) is 0 Å². The molecule has 0 aromatic carbocycles. The highest BCUT2D eigenvalue weighted by atomic mass is 16.5. The van der Waals surface area contributed by atoms with Gasteiger partial charge < -0.3 is 9.84 Å². The standard InChI is InChI=1S/C24H34O4/c1-13(2)17-12-20(26)24(6)10-9-15(4)22-18(11-14(3)7-8-19(17)24)21(16(5)25)23(27)28-22/h11-13,16,18-19,21,25H,7-10H2,1-6H3/b14-11+,22-15+/t16-,18+,19+,21-,24?/m0/s1. The van der Waals surface area contributed by atoms with Crippen molar-refractivity contribution in [3.05, 3.63) is 34.6 Å². The highest BCUT2D eigenvalue weighted by Crippen LogP contribution is 2.50. The zero-order chi connectivity index (χ0) is 20.8. The van der Waals surface area contributed by atoms with E-state index in [1.165, 1.54) is 11.1 Å². The minimum Gasteiger partial charge on any atom is -0.430 e. The van der Waals surface area contributed by atoms with Crippen LogP contribution in [0.2, 0.25) is 0 Å². The lowest BCUT2D eigenvalue weighted by Gasteiger charge is -2.33. The van der Waals surface area contributed by atoms with Crippen LogP contribution in [0.3, 0.4) is 0 Å². The van der Waals surface area contributed by atoms with Gasteiger partial charge in [-0.15, -0.1) is 0 Å². The molecule has 1 unspecified atom stereocenters. The van der Waals surface area contributed by atoms with Gasteiger partial charge in [-0.1, -0.05) is 38.0 Å². The minimum absolute atomic E-state index is 0.214. The lowest BCUT2D eigenvalue weighted by Crippen LogP contribution is -2.32. The largest absolute Gasteiger partial charge is 0.430 e. The van der Waals surface area contributed by atoms with Gasteiger partial charge in [0.2, 0.25) is 0 Å². The van der Waals surface area contributed by atoms with Gasteiger partial charge in [0, 0.05) is 5.41 Å².